The molecule has 0 saturated carbocycles. The predicted octanol–water partition coefficient (Wildman–Crippen LogP) is 15.6. The first-order chi connectivity index (χ1) is 28.0. The molecule has 0 aliphatic carbocycles. The molecule has 1 unspecified atom stereocenters. The van der Waals surface area contributed by atoms with Crippen LogP contribution >= 0.6 is 0 Å². The monoisotopic (exact) mass is 804 g/mol. The molecule has 0 saturated heterocycles. The zero-order valence-electron chi connectivity index (χ0n) is 39.6. The van der Waals surface area contributed by atoms with Gasteiger partial charge in [0.05, 0.1) is 6.61 Å². The van der Waals surface area contributed by atoms with Gasteiger partial charge in [0.25, 0.3) is 0 Å². The summed E-state index contributed by atoms with van der Waals surface area (Å²) in [6, 6.07) is 0. The van der Waals surface area contributed by atoms with Gasteiger partial charge < -0.3 is 18.9 Å². The lowest BCUT2D eigenvalue weighted by molar-refractivity contribution is -0.143. The quantitative estimate of drug-likeness (QED) is 0.0486. The molecule has 1 rings (SSSR count). The van der Waals surface area contributed by atoms with E-state index in [1.165, 1.54) is 186 Å². The molecule has 57 heavy (non-hydrogen) atoms. The van der Waals surface area contributed by atoms with Crippen LogP contribution in [-0.2, 0) is 20.8 Å². The third-order valence-electron chi connectivity index (χ3n) is 11.7. The van der Waals surface area contributed by atoms with E-state index in [0.717, 1.165) is 70.1 Å². The second-order valence-corrected chi connectivity index (χ2v) is 17.3. The van der Waals surface area contributed by atoms with Crippen LogP contribution in [0, 0.1) is 12.8 Å². The lowest BCUT2D eigenvalue weighted by atomic mass is 9.95. The molecule has 0 bridgehead atoms. The second-order valence-electron chi connectivity index (χ2n) is 17.3. The van der Waals surface area contributed by atoms with Gasteiger partial charge in [0.2, 0.25) is 0 Å². The Kier molecular flexibility index (Phi) is 44.6. The molecule has 338 valence electrons. The van der Waals surface area contributed by atoms with E-state index < -0.39 is 0 Å². The first-order valence-corrected chi connectivity index (χ1v) is 25.4. The number of carbonyl (C=O) groups is 1. The van der Waals surface area contributed by atoms with Gasteiger partial charge in [0.1, 0.15) is 5.82 Å². The summed E-state index contributed by atoms with van der Waals surface area (Å²) < 4.78 is 14.1. The zero-order chi connectivity index (χ0) is 41.7. The van der Waals surface area contributed by atoms with E-state index in [1.807, 2.05) is 6.20 Å². The minimum Gasteiger partial charge on any atom is -0.466 e. The van der Waals surface area contributed by atoms with Crippen LogP contribution in [0.2, 0.25) is 0 Å². The maximum absolute atomic E-state index is 12.1. The van der Waals surface area contributed by atoms with Gasteiger partial charge in [-0.3, -0.25) is 4.79 Å². The molecular weight excluding hydrogens is 703 g/mol. The molecule has 0 aliphatic heterocycles. The maximum atomic E-state index is 12.1. The van der Waals surface area contributed by atoms with Gasteiger partial charge in [-0.15, -0.1) is 0 Å². The number of unbranched alkanes of at least 4 members (excludes halogenated alkanes) is 23. The van der Waals surface area contributed by atoms with Crippen molar-refractivity contribution in [2.24, 2.45) is 5.92 Å². The van der Waals surface area contributed by atoms with Crippen LogP contribution in [0.1, 0.15) is 252 Å². The minimum atomic E-state index is -0.0000723. The summed E-state index contributed by atoms with van der Waals surface area (Å²) in [7, 11) is 0. The number of aryl methyl sites for hydroxylation is 2. The molecular formula is C51H101N3O3. The maximum Gasteiger partial charge on any atom is 0.305 e. The fourth-order valence-corrected chi connectivity index (χ4v) is 7.74. The Morgan fingerprint density at radius 2 is 1.00 bits per heavy atom. The van der Waals surface area contributed by atoms with Gasteiger partial charge in [0.15, 0.2) is 0 Å². The van der Waals surface area contributed by atoms with Crippen LogP contribution < -0.4 is 0 Å². The second kappa shape index (κ2) is 45.7. The van der Waals surface area contributed by atoms with E-state index in [9.17, 15) is 4.79 Å². The highest BCUT2D eigenvalue weighted by molar-refractivity contribution is 5.69. The summed E-state index contributed by atoms with van der Waals surface area (Å²) >= 11 is 0. The van der Waals surface area contributed by atoms with Crippen molar-refractivity contribution in [1.29, 1.82) is 0 Å². The number of imidazole rings is 1. The fourth-order valence-electron chi connectivity index (χ4n) is 7.74. The standard InChI is InChI=1S/C45H87N3O3.C6H14/c1-5-8-11-14-16-18-25-33-45(49)51-41-29-22-20-27-36-47(37-30-38-48-39-34-46-43(48)4)35-26-19-21-28-40-50-42-44(31-23-13-10-7-3)32-24-17-15-12-9-6-2;1-3-5-6-4-2/h34,39,44H,5-33,35-38,40-42H2,1-4H3;3-6H2,1-2H3. The molecule has 1 aromatic rings. The van der Waals surface area contributed by atoms with E-state index in [0.29, 0.717) is 13.0 Å². The van der Waals surface area contributed by atoms with Crippen molar-refractivity contribution in [3.05, 3.63) is 18.2 Å². The number of hydrogen-bond donors (Lipinski definition) is 0. The summed E-state index contributed by atoms with van der Waals surface area (Å²) in [6.45, 7) is 20.5. The molecule has 6 nitrogen and oxygen atoms in total. The van der Waals surface area contributed by atoms with E-state index in [-0.39, 0.29) is 5.97 Å². The van der Waals surface area contributed by atoms with Crippen molar-refractivity contribution in [3.63, 3.8) is 0 Å². The van der Waals surface area contributed by atoms with Crippen molar-refractivity contribution in [2.75, 3.05) is 39.5 Å². The average Bonchev–Trinajstić information content (AvgIpc) is 3.63. The van der Waals surface area contributed by atoms with E-state index >= 15 is 0 Å². The fraction of sp³-hybridized carbons (Fsp3) is 0.922. The smallest absolute Gasteiger partial charge is 0.305 e. The Hall–Kier alpha value is -1.40. The highest BCUT2D eigenvalue weighted by Gasteiger charge is 2.10. The first kappa shape index (κ1) is 55.6. The van der Waals surface area contributed by atoms with Crippen molar-refractivity contribution in [1.82, 2.24) is 14.5 Å². The zero-order valence-corrected chi connectivity index (χ0v) is 39.6. The van der Waals surface area contributed by atoms with Crippen molar-refractivity contribution >= 4 is 5.97 Å². The van der Waals surface area contributed by atoms with Gasteiger partial charge in [0, 0.05) is 38.6 Å². The molecule has 0 fully saturated rings. The Balaban J connectivity index is 0.00000481. The number of rotatable bonds is 43. The topological polar surface area (TPSA) is 56.6 Å². The van der Waals surface area contributed by atoms with Gasteiger partial charge in [-0.05, 0) is 83.8 Å². The highest BCUT2D eigenvalue weighted by atomic mass is 16.5. The third-order valence-corrected chi connectivity index (χ3v) is 11.7. The van der Waals surface area contributed by atoms with Crippen LogP contribution in [0.3, 0.4) is 0 Å². The van der Waals surface area contributed by atoms with Crippen molar-refractivity contribution in [3.8, 4) is 0 Å². The van der Waals surface area contributed by atoms with E-state index in [1.54, 1.807) is 0 Å². The van der Waals surface area contributed by atoms with E-state index in [2.05, 4.69) is 62.2 Å². The van der Waals surface area contributed by atoms with Crippen LogP contribution in [0.5, 0.6) is 0 Å². The lowest BCUT2D eigenvalue weighted by Crippen LogP contribution is -2.28. The molecule has 0 aliphatic rings. The molecule has 1 aromatic heterocycles. The molecule has 1 heterocycles. The molecule has 0 amide bonds. The Morgan fingerprint density at radius 3 is 1.54 bits per heavy atom. The molecule has 0 aromatic carbocycles. The van der Waals surface area contributed by atoms with Crippen molar-refractivity contribution in [2.45, 2.75) is 260 Å². The van der Waals surface area contributed by atoms with Crippen LogP contribution in [0.25, 0.3) is 0 Å². The Labute approximate surface area is 357 Å². The lowest BCUT2D eigenvalue weighted by Gasteiger charge is -2.22. The Morgan fingerprint density at radius 1 is 0.561 bits per heavy atom. The predicted molar refractivity (Wildman–Crippen MR) is 249 cm³/mol. The minimum absolute atomic E-state index is 0.0000723. The normalized spacial score (nSPS) is 11.9. The van der Waals surface area contributed by atoms with Crippen LogP contribution in [0.15, 0.2) is 12.4 Å². The third kappa shape index (κ3) is 39.8. The summed E-state index contributed by atoms with van der Waals surface area (Å²) in [5.74, 6) is 1.87. The first-order valence-electron chi connectivity index (χ1n) is 25.4. The van der Waals surface area contributed by atoms with Gasteiger partial charge in [-0.25, -0.2) is 4.98 Å². The number of carbonyl (C=O) groups excluding carboxylic acids is 1. The summed E-state index contributed by atoms with van der Waals surface area (Å²) in [5.41, 5.74) is 0. The SMILES string of the molecule is CCCCCC.CCCCCCCCCC(=O)OCCCCCCN(CCCCCCOCC(CCCCCC)CCCCCCCC)CCCn1ccnc1C. The van der Waals surface area contributed by atoms with Gasteiger partial charge >= 0.3 is 5.97 Å². The van der Waals surface area contributed by atoms with Gasteiger partial charge in [-0.1, -0.05) is 189 Å². The van der Waals surface area contributed by atoms with Crippen LogP contribution in [0.4, 0.5) is 0 Å². The van der Waals surface area contributed by atoms with E-state index in [4.69, 9.17) is 9.47 Å². The molecule has 0 N–H and O–H groups in total. The largest absolute Gasteiger partial charge is 0.466 e. The molecule has 6 heteroatoms. The number of esters is 1. The molecule has 0 radical (unpaired) electrons. The molecule has 0 spiro atoms. The van der Waals surface area contributed by atoms with Crippen molar-refractivity contribution < 1.29 is 14.3 Å². The number of aromatic nitrogens is 2. The average molecular weight is 804 g/mol. The number of nitrogens with zero attached hydrogens (tertiary/aromatic N) is 3. The highest BCUT2D eigenvalue weighted by Crippen LogP contribution is 2.20. The Bertz CT molecular complexity index is 917. The molecule has 1 atom stereocenters. The van der Waals surface area contributed by atoms with Crippen LogP contribution in [-0.4, -0.2) is 59.9 Å². The summed E-state index contributed by atoms with van der Waals surface area (Å²) in [5, 5.41) is 0. The summed E-state index contributed by atoms with van der Waals surface area (Å²) in [6.07, 6.45) is 46.1. The summed E-state index contributed by atoms with van der Waals surface area (Å²) in [4.78, 5) is 19.2. The number of hydrogen-bond acceptors (Lipinski definition) is 5. The number of ether oxygens (including phenoxy) is 2. The van der Waals surface area contributed by atoms with Gasteiger partial charge in [-0.2, -0.15) is 0 Å².